The Labute approximate surface area is 186 Å². The van der Waals surface area contributed by atoms with Gasteiger partial charge in [-0.1, -0.05) is 74.5 Å². The van der Waals surface area contributed by atoms with Crippen molar-refractivity contribution in [2.45, 2.75) is 26.3 Å². The molecule has 0 saturated carbocycles. The van der Waals surface area contributed by atoms with E-state index in [0.29, 0.717) is 18.2 Å². The topological polar surface area (TPSA) is 76.2 Å². The van der Waals surface area contributed by atoms with Crippen molar-refractivity contribution in [3.8, 4) is 11.6 Å². The number of para-hydroxylation sites is 1. The molecule has 4 aromatic rings. The van der Waals surface area contributed by atoms with Crippen molar-refractivity contribution in [3.63, 3.8) is 0 Å². The van der Waals surface area contributed by atoms with E-state index in [-0.39, 0.29) is 18.2 Å². The molecule has 0 atom stereocenters. The second kappa shape index (κ2) is 9.47. The Kier molecular flexibility index (Phi) is 6.31. The summed E-state index contributed by atoms with van der Waals surface area (Å²) >= 11 is 0. The molecule has 0 aliphatic rings. The zero-order valence-electron chi connectivity index (χ0n) is 18.1. The average Bonchev–Trinajstić information content (AvgIpc) is 3.08. The summed E-state index contributed by atoms with van der Waals surface area (Å²) in [6.45, 7) is 4.48. The van der Waals surface area contributed by atoms with Crippen molar-refractivity contribution in [3.05, 3.63) is 90.0 Å². The van der Waals surface area contributed by atoms with Gasteiger partial charge in [0.05, 0.1) is 12.1 Å². The third kappa shape index (κ3) is 4.70. The number of azo groups is 1. The predicted octanol–water partition coefficient (Wildman–Crippen LogP) is 6.21. The molecule has 0 bridgehead atoms. The summed E-state index contributed by atoms with van der Waals surface area (Å²) in [5.41, 5.74) is 3.33. The SMILES string of the molecule is CC(C)c1ccc(OCC(=O)N=Nc2c(O)n(Cc3ccccc3)c3ccccc23)cc1. The van der Waals surface area contributed by atoms with Crippen LogP contribution in [0.4, 0.5) is 5.69 Å². The van der Waals surface area contributed by atoms with Crippen molar-refractivity contribution in [1.29, 1.82) is 0 Å². The molecule has 0 spiro atoms. The normalized spacial score (nSPS) is 11.5. The first-order chi connectivity index (χ1) is 15.5. The van der Waals surface area contributed by atoms with Gasteiger partial charge in [-0.25, -0.2) is 0 Å². The fourth-order valence-electron chi connectivity index (χ4n) is 3.52. The molecule has 6 nitrogen and oxygen atoms in total. The molecular formula is C26H25N3O3. The minimum Gasteiger partial charge on any atom is -0.493 e. The van der Waals surface area contributed by atoms with E-state index in [0.717, 1.165) is 16.5 Å². The van der Waals surface area contributed by atoms with Crippen LogP contribution in [0, 0.1) is 0 Å². The highest BCUT2D eigenvalue weighted by Gasteiger charge is 2.17. The second-order valence-corrected chi connectivity index (χ2v) is 7.87. The molecule has 1 aromatic heterocycles. The van der Waals surface area contributed by atoms with Crippen molar-refractivity contribution >= 4 is 22.5 Å². The van der Waals surface area contributed by atoms with Gasteiger partial charge in [0.15, 0.2) is 12.3 Å². The number of hydrogen-bond acceptors (Lipinski definition) is 4. The first-order valence-electron chi connectivity index (χ1n) is 10.5. The number of amides is 1. The molecule has 1 heterocycles. The maximum atomic E-state index is 12.2. The summed E-state index contributed by atoms with van der Waals surface area (Å²) in [5, 5.41) is 19.4. The predicted molar refractivity (Wildman–Crippen MR) is 125 cm³/mol. The molecule has 3 aromatic carbocycles. The van der Waals surface area contributed by atoms with Crippen LogP contribution in [-0.2, 0) is 11.3 Å². The minimum absolute atomic E-state index is 0.0307. The highest BCUT2D eigenvalue weighted by molar-refractivity contribution is 5.95. The van der Waals surface area contributed by atoms with Gasteiger partial charge in [-0.3, -0.25) is 4.79 Å². The van der Waals surface area contributed by atoms with Gasteiger partial charge < -0.3 is 14.4 Å². The maximum Gasteiger partial charge on any atom is 0.302 e. The fraction of sp³-hybridized carbons (Fsp3) is 0.192. The zero-order chi connectivity index (χ0) is 22.5. The number of carbonyl (C=O) groups is 1. The van der Waals surface area contributed by atoms with E-state index in [2.05, 4.69) is 24.1 Å². The summed E-state index contributed by atoms with van der Waals surface area (Å²) in [4.78, 5) is 12.2. The molecule has 0 radical (unpaired) electrons. The van der Waals surface area contributed by atoms with Crippen LogP contribution in [0.1, 0.15) is 30.9 Å². The number of benzene rings is 3. The van der Waals surface area contributed by atoms with Crippen LogP contribution in [0.5, 0.6) is 11.6 Å². The molecule has 1 amide bonds. The van der Waals surface area contributed by atoms with E-state index in [1.54, 1.807) is 4.57 Å². The molecule has 32 heavy (non-hydrogen) atoms. The summed E-state index contributed by atoms with van der Waals surface area (Å²) in [5.74, 6) is 0.463. The van der Waals surface area contributed by atoms with Gasteiger partial charge in [0.2, 0.25) is 5.88 Å². The largest absolute Gasteiger partial charge is 0.493 e. The van der Waals surface area contributed by atoms with Gasteiger partial charge in [-0.15, -0.1) is 10.2 Å². The van der Waals surface area contributed by atoms with Crippen molar-refractivity contribution in [2.75, 3.05) is 6.61 Å². The molecule has 0 fully saturated rings. The molecule has 1 N–H and O–H groups in total. The van der Waals surface area contributed by atoms with Gasteiger partial charge >= 0.3 is 5.91 Å². The molecule has 4 rings (SSSR count). The summed E-state index contributed by atoms with van der Waals surface area (Å²) in [7, 11) is 0. The van der Waals surface area contributed by atoms with E-state index in [4.69, 9.17) is 4.74 Å². The lowest BCUT2D eigenvalue weighted by Gasteiger charge is -2.07. The third-order valence-electron chi connectivity index (χ3n) is 5.27. The van der Waals surface area contributed by atoms with Crippen LogP contribution in [0.15, 0.2) is 89.1 Å². The number of rotatable bonds is 7. The number of hydrogen-bond donors (Lipinski definition) is 1. The number of carbonyl (C=O) groups excluding carboxylic acids is 1. The van der Waals surface area contributed by atoms with Crippen LogP contribution in [0.25, 0.3) is 10.9 Å². The first kappa shape index (κ1) is 21.3. The van der Waals surface area contributed by atoms with E-state index >= 15 is 0 Å². The average molecular weight is 428 g/mol. The van der Waals surface area contributed by atoms with Gasteiger partial charge in [0.1, 0.15) is 5.75 Å². The molecule has 162 valence electrons. The number of fused-ring (bicyclic) bond motifs is 1. The Morgan fingerprint density at radius 3 is 2.38 bits per heavy atom. The van der Waals surface area contributed by atoms with Crippen LogP contribution in [0.2, 0.25) is 0 Å². The van der Waals surface area contributed by atoms with Gasteiger partial charge in [0, 0.05) is 5.39 Å². The Morgan fingerprint density at radius 1 is 0.969 bits per heavy atom. The standard InChI is InChI=1S/C26H25N3O3/c1-18(2)20-12-14-21(15-13-20)32-17-24(30)27-28-25-22-10-6-7-11-23(22)29(26(25)31)16-19-8-4-3-5-9-19/h3-15,18,31H,16-17H2,1-2H3. The molecule has 0 aliphatic heterocycles. The summed E-state index contributed by atoms with van der Waals surface area (Å²) in [6.07, 6.45) is 0. The lowest BCUT2D eigenvalue weighted by Crippen LogP contribution is -2.07. The Hall–Kier alpha value is -3.93. The quantitative estimate of drug-likeness (QED) is 0.356. The smallest absolute Gasteiger partial charge is 0.302 e. The molecule has 0 unspecified atom stereocenters. The van der Waals surface area contributed by atoms with Gasteiger partial charge in [0.25, 0.3) is 0 Å². The Balaban J connectivity index is 1.50. The molecule has 0 aliphatic carbocycles. The highest BCUT2D eigenvalue weighted by Crippen LogP contribution is 2.39. The summed E-state index contributed by atoms with van der Waals surface area (Å²) < 4.78 is 7.28. The van der Waals surface area contributed by atoms with Crippen LogP contribution >= 0.6 is 0 Å². The van der Waals surface area contributed by atoms with Crippen molar-refractivity contribution < 1.29 is 14.6 Å². The van der Waals surface area contributed by atoms with E-state index in [1.165, 1.54) is 5.56 Å². The lowest BCUT2D eigenvalue weighted by molar-refractivity contribution is -0.120. The monoisotopic (exact) mass is 427 g/mol. The fourth-order valence-corrected chi connectivity index (χ4v) is 3.52. The second-order valence-electron chi connectivity index (χ2n) is 7.87. The van der Waals surface area contributed by atoms with E-state index in [1.807, 2.05) is 78.9 Å². The van der Waals surface area contributed by atoms with E-state index < -0.39 is 5.91 Å². The molecule has 0 saturated heterocycles. The van der Waals surface area contributed by atoms with E-state index in [9.17, 15) is 9.90 Å². The Bertz CT molecular complexity index is 1240. The number of aromatic nitrogens is 1. The van der Waals surface area contributed by atoms with Crippen molar-refractivity contribution in [1.82, 2.24) is 4.57 Å². The highest BCUT2D eigenvalue weighted by atomic mass is 16.5. The number of nitrogens with zero attached hydrogens (tertiary/aromatic N) is 3. The minimum atomic E-state index is -0.530. The van der Waals surface area contributed by atoms with Crippen LogP contribution in [-0.4, -0.2) is 22.2 Å². The van der Waals surface area contributed by atoms with Crippen LogP contribution < -0.4 is 4.74 Å². The zero-order valence-corrected chi connectivity index (χ0v) is 18.1. The maximum absolute atomic E-state index is 12.2. The lowest BCUT2D eigenvalue weighted by atomic mass is 10.0. The Morgan fingerprint density at radius 2 is 1.66 bits per heavy atom. The molecular weight excluding hydrogens is 402 g/mol. The number of aromatic hydroxyl groups is 1. The van der Waals surface area contributed by atoms with Gasteiger partial charge in [-0.05, 0) is 35.2 Å². The number of ether oxygens (including phenoxy) is 1. The van der Waals surface area contributed by atoms with Crippen molar-refractivity contribution in [2.24, 2.45) is 10.2 Å². The third-order valence-corrected chi connectivity index (χ3v) is 5.27. The first-order valence-corrected chi connectivity index (χ1v) is 10.5. The van der Waals surface area contributed by atoms with Crippen LogP contribution in [0.3, 0.4) is 0 Å². The van der Waals surface area contributed by atoms with Gasteiger partial charge in [-0.2, -0.15) is 0 Å². The summed E-state index contributed by atoms with van der Waals surface area (Å²) in [6, 6.07) is 25.0. The molecule has 6 heteroatoms.